The minimum atomic E-state index is 0.545. The van der Waals surface area contributed by atoms with Crippen molar-refractivity contribution in [3.05, 3.63) is 170 Å². The Bertz CT molecular complexity index is 2870. The smallest absolute Gasteiger partial charge is 0.238 e. The van der Waals surface area contributed by atoms with Gasteiger partial charge in [-0.15, -0.1) is 0 Å². The van der Waals surface area contributed by atoms with Gasteiger partial charge >= 0.3 is 0 Å². The molecule has 234 valence electrons. The first-order valence-corrected chi connectivity index (χ1v) is 16.7. The summed E-state index contributed by atoms with van der Waals surface area (Å²) in [6.07, 6.45) is 0. The second kappa shape index (κ2) is 11.4. The largest absolute Gasteiger partial charge is 0.455 e. The Labute approximate surface area is 287 Å². The van der Waals surface area contributed by atoms with Gasteiger partial charge in [-0.05, 0) is 52.6 Å². The van der Waals surface area contributed by atoms with Crippen molar-refractivity contribution < 1.29 is 4.42 Å². The molecule has 50 heavy (non-hydrogen) atoms. The monoisotopic (exact) mass is 640 g/mol. The maximum Gasteiger partial charge on any atom is 0.238 e. The van der Waals surface area contributed by atoms with E-state index in [1.54, 1.807) is 0 Å². The van der Waals surface area contributed by atoms with Crippen LogP contribution < -0.4 is 0 Å². The van der Waals surface area contributed by atoms with Gasteiger partial charge in [0, 0.05) is 27.1 Å². The van der Waals surface area contributed by atoms with Gasteiger partial charge in [-0.25, -0.2) is 4.98 Å². The summed E-state index contributed by atoms with van der Waals surface area (Å²) in [5, 5.41) is 4.36. The maximum absolute atomic E-state index is 6.45. The van der Waals surface area contributed by atoms with Crippen molar-refractivity contribution in [1.29, 1.82) is 0 Å². The molecule has 0 amide bonds. The summed E-state index contributed by atoms with van der Waals surface area (Å²) < 4.78 is 8.63. The average Bonchev–Trinajstić information content (AvgIpc) is 3.74. The van der Waals surface area contributed by atoms with Gasteiger partial charge in [-0.2, -0.15) is 9.97 Å². The van der Waals surface area contributed by atoms with Crippen LogP contribution in [0.2, 0.25) is 0 Å². The lowest BCUT2D eigenvalue weighted by molar-refractivity contribution is 0.669. The highest BCUT2D eigenvalue weighted by atomic mass is 16.3. The number of furan rings is 1. The first-order chi connectivity index (χ1) is 24.8. The number of para-hydroxylation sites is 3. The normalized spacial score (nSPS) is 11.6. The Morgan fingerprint density at radius 3 is 1.82 bits per heavy atom. The van der Waals surface area contributed by atoms with Gasteiger partial charge in [-0.1, -0.05) is 140 Å². The van der Waals surface area contributed by atoms with Crippen LogP contribution in [0, 0.1) is 0 Å². The van der Waals surface area contributed by atoms with Crippen LogP contribution in [0.1, 0.15) is 0 Å². The van der Waals surface area contributed by atoms with Crippen LogP contribution in [-0.4, -0.2) is 19.5 Å². The molecule has 5 heteroatoms. The molecule has 0 aliphatic carbocycles. The van der Waals surface area contributed by atoms with Crippen molar-refractivity contribution >= 4 is 43.7 Å². The highest BCUT2D eigenvalue weighted by Crippen LogP contribution is 2.38. The van der Waals surface area contributed by atoms with E-state index in [0.29, 0.717) is 17.6 Å². The predicted molar refractivity (Wildman–Crippen MR) is 203 cm³/mol. The van der Waals surface area contributed by atoms with E-state index >= 15 is 0 Å². The molecule has 3 aromatic heterocycles. The fourth-order valence-corrected chi connectivity index (χ4v) is 7.10. The summed E-state index contributed by atoms with van der Waals surface area (Å²) in [5.74, 6) is 1.69. The first kappa shape index (κ1) is 28.2. The van der Waals surface area contributed by atoms with E-state index in [4.69, 9.17) is 19.4 Å². The van der Waals surface area contributed by atoms with E-state index in [0.717, 1.165) is 66.0 Å². The van der Waals surface area contributed by atoms with Crippen molar-refractivity contribution in [3.8, 4) is 51.0 Å². The molecule has 0 fully saturated rings. The quantitative estimate of drug-likeness (QED) is 0.188. The fraction of sp³-hybridized carbons (Fsp3) is 0. The lowest BCUT2D eigenvalue weighted by Crippen LogP contribution is -2.06. The van der Waals surface area contributed by atoms with Crippen LogP contribution in [0.15, 0.2) is 174 Å². The molecule has 0 saturated heterocycles. The zero-order valence-electron chi connectivity index (χ0n) is 26.9. The molecule has 0 saturated carbocycles. The predicted octanol–water partition coefficient (Wildman–Crippen LogP) is 11.5. The van der Waals surface area contributed by atoms with E-state index in [1.165, 1.54) is 11.1 Å². The van der Waals surface area contributed by atoms with Crippen LogP contribution in [0.25, 0.3) is 94.7 Å². The van der Waals surface area contributed by atoms with E-state index in [1.807, 2.05) is 66.7 Å². The second-order valence-corrected chi connectivity index (χ2v) is 12.5. The van der Waals surface area contributed by atoms with Gasteiger partial charge in [0.25, 0.3) is 0 Å². The molecule has 0 aliphatic rings. The molecule has 3 heterocycles. The summed E-state index contributed by atoms with van der Waals surface area (Å²) in [7, 11) is 0. The summed E-state index contributed by atoms with van der Waals surface area (Å²) in [4.78, 5) is 15.5. The Kier molecular flexibility index (Phi) is 6.42. The fourth-order valence-electron chi connectivity index (χ4n) is 7.10. The van der Waals surface area contributed by atoms with Gasteiger partial charge in [0.15, 0.2) is 11.6 Å². The van der Waals surface area contributed by atoms with Gasteiger partial charge in [0.2, 0.25) is 5.95 Å². The van der Waals surface area contributed by atoms with Crippen LogP contribution in [0.3, 0.4) is 0 Å². The van der Waals surface area contributed by atoms with E-state index in [9.17, 15) is 0 Å². The van der Waals surface area contributed by atoms with E-state index < -0.39 is 0 Å². The standard InChI is InChI=1S/C45H28N4O/c1-3-13-29(14-4-1)31-17-11-18-32(27-31)33-25-26-35-34-19-7-9-23-39(34)49(40(35)28-33)45-47-43(30-15-5-2-6-16-30)46-44(48-45)38-22-12-21-37-36-20-8-10-24-41(36)50-42(37)38/h1-28H. The highest BCUT2D eigenvalue weighted by molar-refractivity contribution is 6.11. The number of benzene rings is 7. The molecule has 10 aromatic rings. The molecule has 0 unspecified atom stereocenters. The topological polar surface area (TPSA) is 56.7 Å². The third-order valence-corrected chi connectivity index (χ3v) is 9.48. The average molecular weight is 641 g/mol. The SMILES string of the molecule is c1ccc(-c2cccc(-c3ccc4c5ccccc5n(-c5nc(-c6ccccc6)nc(-c6cccc7c6oc6ccccc67)n5)c4c3)c2)cc1. The van der Waals surface area contributed by atoms with E-state index in [-0.39, 0.29) is 0 Å². The molecule has 0 atom stereocenters. The van der Waals surface area contributed by atoms with Gasteiger partial charge in [-0.3, -0.25) is 4.57 Å². The summed E-state index contributed by atoms with van der Waals surface area (Å²) in [6, 6.07) is 58.7. The molecule has 0 radical (unpaired) electrons. The Morgan fingerprint density at radius 1 is 0.380 bits per heavy atom. The minimum absolute atomic E-state index is 0.545. The number of nitrogens with zero attached hydrogens (tertiary/aromatic N) is 4. The van der Waals surface area contributed by atoms with Crippen molar-refractivity contribution in [2.45, 2.75) is 0 Å². The number of hydrogen-bond donors (Lipinski definition) is 0. The molecule has 0 spiro atoms. The second-order valence-electron chi connectivity index (χ2n) is 12.5. The Morgan fingerprint density at radius 2 is 0.980 bits per heavy atom. The minimum Gasteiger partial charge on any atom is -0.455 e. The number of hydrogen-bond acceptors (Lipinski definition) is 4. The number of aromatic nitrogens is 4. The lowest BCUT2D eigenvalue weighted by Gasteiger charge is -2.12. The van der Waals surface area contributed by atoms with Crippen molar-refractivity contribution in [2.75, 3.05) is 0 Å². The zero-order chi connectivity index (χ0) is 33.0. The molecule has 7 aromatic carbocycles. The Balaban J connectivity index is 1.23. The summed E-state index contributed by atoms with van der Waals surface area (Å²) >= 11 is 0. The molecular weight excluding hydrogens is 613 g/mol. The summed E-state index contributed by atoms with van der Waals surface area (Å²) in [5.41, 5.74) is 9.99. The third kappa shape index (κ3) is 4.60. The number of rotatable bonds is 5. The summed E-state index contributed by atoms with van der Waals surface area (Å²) in [6.45, 7) is 0. The van der Waals surface area contributed by atoms with Crippen molar-refractivity contribution in [3.63, 3.8) is 0 Å². The molecule has 5 nitrogen and oxygen atoms in total. The maximum atomic E-state index is 6.45. The van der Waals surface area contributed by atoms with Crippen molar-refractivity contribution in [1.82, 2.24) is 19.5 Å². The van der Waals surface area contributed by atoms with Gasteiger partial charge < -0.3 is 4.42 Å². The number of fused-ring (bicyclic) bond motifs is 6. The highest BCUT2D eigenvalue weighted by Gasteiger charge is 2.20. The zero-order valence-corrected chi connectivity index (χ0v) is 26.9. The Hall–Kier alpha value is -6.85. The lowest BCUT2D eigenvalue weighted by atomic mass is 9.98. The van der Waals surface area contributed by atoms with Crippen molar-refractivity contribution in [2.24, 2.45) is 0 Å². The van der Waals surface area contributed by atoms with Crippen LogP contribution in [0.4, 0.5) is 0 Å². The van der Waals surface area contributed by atoms with Crippen LogP contribution in [0.5, 0.6) is 0 Å². The van der Waals surface area contributed by atoms with E-state index in [2.05, 4.69) is 108 Å². The molecule has 0 N–H and O–H groups in total. The third-order valence-electron chi connectivity index (χ3n) is 9.48. The molecule has 10 rings (SSSR count). The van der Waals surface area contributed by atoms with Crippen LogP contribution >= 0.6 is 0 Å². The molecule has 0 bridgehead atoms. The van der Waals surface area contributed by atoms with Gasteiger partial charge in [0.05, 0.1) is 16.6 Å². The van der Waals surface area contributed by atoms with Gasteiger partial charge in [0.1, 0.15) is 11.2 Å². The van der Waals surface area contributed by atoms with Crippen LogP contribution in [-0.2, 0) is 0 Å². The molecular formula is C45H28N4O. The molecule has 0 aliphatic heterocycles. The first-order valence-electron chi connectivity index (χ1n) is 16.7.